The Hall–Kier alpha value is -0.120. The first kappa shape index (κ1) is 12.9. The van der Waals surface area contributed by atoms with Crippen molar-refractivity contribution < 1.29 is 5.11 Å². The molecule has 0 saturated carbocycles. The standard InChI is InChI=1S/C10H24N2O/c1-5-7-12(6-2)9-10(13)8-11(3)4/h10,13H,5-9H2,1-4H3. The zero-order chi connectivity index (χ0) is 10.3. The average molecular weight is 188 g/mol. The van der Waals surface area contributed by atoms with Crippen LogP contribution in [0.1, 0.15) is 20.3 Å². The molecule has 0 aromatic rings. The average Bonchev–Trinajstić information content (AvgIpc) is 2.02. The van der Waals surface area contributed by atoms with Gasteiger partial charge in [0.1, 0.15) is 0 Å². The van der Waals surface area contributed by atoms with Crippen LogP contribution >= 0.6 is 0 Å². The lowest BCUT2D eigenvalue weighted by Gasteiger charge is -2.24. The second-order valence-corrected chi connectivity index (χ2v) is 3.81. The number of hydrogen-bond donors (Lipinski definition) is 1. The molecule has 0 fully saturated rings. The highest BCUT2D eigenvalue weighted by Gasteiger charge is 2.09. The number of nitrogens with zero attached hydrogens (tertiary/aromatic N) is 2. The van der Waals surface area contributed by atoms with Crippen LogP contribution in [0.3, 0.4) is 0 Å². The van der Waals surface area contributed by atoms with Crippen molar-refractivity contribution in [3.8, 4) is 0 Å². The Morgan fingerprint density at radius 3 is 2.15 bits per heavy atom. The van der Waals surface area contributed by atoms with Gasteiger partial charge in [-0.25, -0.2) is 0 Å². The topological polar surface area (TPSA) is 26.7 Å². The predicted molar refractivity (Wildman–Crippen MR) is 57.0 cm³/mol. The van der Waals surface area contributed by atoms with E-state index in [9.17, 15) is 5.11 Å². The molecule has 3 nitrogen and oxygen atoms in total. The van der Waals surface area contributed by atoms with Gasteiger partial charge in [-0.15, -0.1) is 0 Å². The van der Waals surface area contributed by atoms with Crippen LogP contribution in [0.15, 0.2) is 0 Å². The fourth-order valence-corrected chi connectivity index (χ4v) is 1.47. The maximum atomic E-state index is 9.66. The first-order valence-corrected chi connectivity index (χ1v) is 5.15. The van der Waals surface area contributed by atoms with Gasteiger partial charge in [-0.3, -0.25) is 0 Å². The number of likely N-dealkylation sites (N-methyl/N-ethyl adjacent to an activating group) is 2. The summed E-state index contributed by atoms with van der Waals surface area (Å²) in [5.74, 6) is 0. The van der Waals surface area contributed by atoms with Gasteiger partial charge in [-0.05, 0) is 33.6 Å². The summed E-state index contributed by atoms with van der Waals surface area (Å²) in [6, 6.07) is 0. The lowest BCUT2D eigenvalue weighted by molar-refractivity contribution is 0.0907. The van der Waals surface area contributed by atoms with E-state index in [0.29, 0.717) is 0 Å². The van der Waals surface area contributed by atoms with Crippen LogP contribution in [0, 0.1) is 0 Å². The molecule has 1 N–H and O–H groups in total. The molecule has 0 heterocycles. The van der Waals surface area contributed by atoms with Crippen molar-refractivity contribution in [3.05, 3.63) is 0 Å². The van der Waals surface area contributed by atoms with E-state index >= 15 is 0 Å². The first-order chi connectivity index (χ1) is 6.10. The van der Waals surface area contributed by atoms with E-state index in [4.69, 9.17) is 0 Å². The van der Waals surface area contributed by atoms with Gasteiger partial charge in [-0.2, -0.15) is 0 Å². The van der Waals surface area contributed by atoms with Gasteiger partial charge in [0.15, 0.2) is 0 Å². The molecule has 0 bridgehead atoms. The number of hydrogen-bond acceptors (Lipinski definition) is 3. The normalized spacial score (nSPS) is 14.1. The highest BCUT2D eigenvalue weighted by Crippen LogP contribution is 1.95. The zero-order valence-corrected chi connectivity index (χ0v) is 9.45. The van der Waals surface area contributed by atoms with E-state index in [2.05, 4.69) is 18.7 Å². The summed E-state index contributed by atoms with van der Waals surface area (Å²) in [6.45, 7) is 7.96. The van der Waals surface area contributed by atoms with E-state index in [1.807, 2.05) is 19.0 Å². The Morgan fingerprint density at radius 1 is 1.15 bits per heavy atom. The molecule has 0 rings (SSSR count). The van der Waals surface area contributed by atoms with Crippen molar-refractivity contribution in [2.75, 3.05) is 40.3 Å². The van der Waals surface area contributed by atoms with Crippen molar-refractivity contribution in [3.63, 3.8) is 0 Å². The molecule has 0 aliphatic rings. The van der Waals surface area contributed by atoms with Gasteiger partial charge < -0.3 is 14.9 Å². The predicted octanol–water partition coefficient (Wildman–Crippen LogP) is 0.641. The van der Waals surface area contributed by atoms with Gasteiger partial charge >= 0.3 is 0 Å². The maximum Gasteiger partial charge on any atom is 0.0793 e. The summed E-state index contributed by atoms with van der Waals surface area (Å²) in [7, 11) is 3.97. The van der Waals surface area contributed by atoms with Crippen molar-refractivity contribution in [1.29, 1.82) is 0 Å². The molecule has 1 unspecified atom stereocenters. The molecule has 0 aliphatic heterocycles. The fraction of sp³-hybridized carbons (Fsp3) is 1.00. The van der Waals surface area contributed by atoms with E-state index in [1.54, 1.807) is 0 Å². The Kier molecular flexibility index (Phi) is 7.23. The van der Waals surface area contributed by atoms with Crippen LogP contribution in [0.2, 0.25) is 0 Å². The summed E-state index contributed by atoms with van der Waals surface area (Å²) in [5, 5.41) is 9.66. The van der Waals surface area contributed by atoms with Crippen molar-refractivity contribution in [1.82, 2.24) is 9.80 Å². The summed E-state index contributed by atoms with van der Waals surface area (Å²) in [6.07, 6.45) is 0.934. The third-order valence-corrected chi connectivity index (χ3v) is 2.03. The molecule has 3 heteroatoms. The Bertz CT molecular complexity index is 117. The van der Waals surface area contributed by atoms with E-state index in [-0.39, 0.29) is 6.10 Å². The minimum atomic E-state index is -0.221. The van der Waals surface area contributed by atoms with Crippen LogP contribution in [0.5, 0.6) is 0 Å². The number of aliphatic hydroxyl groups is 1. The van der Waals surface area contributed by atoms with E-state index in [1.165, 1.54) is 0 Å². The monoisotopic (exact) mass is 188 g/mol. The smallest absolute Gasteiger partial charge is 0.0793 e. The second-order valence-electron chi connectivity index (χ2n) is 3.81. The second kappa shape index (κ2) is 7.30. The van der Waals surface area contributed by atoms with Gasteiger partial charge in [0, 0.05) is 13.1 Å². The first-order valence-electron chi connectivity index (χ1n) is 5.15. The Balaban J connectivity index is 3.65. The SMILES string of the molecule is CCCN(CC)CC(O)CN(C)C. The summed E-state index contributed by atoms with van der Waals surface area (Å²) >= 11 is 0. The van der Waals surface area contributed by atoms with Crippen LogP contribution in [0.4, 0.5) is 0 Å². The van der Waals surface area contributed by atoms with E-state index < -0.39 is 0 Å². The van der Waals surface area contributed by atoms with Gasteiger partial charge in [0.25, 0.3) is 0 Å². The summed E-state index contributed by atoms with van der Waals surface area (Å²) in [4.78, 5) is 4.30. The highest BCUT2D eigenvalue weighted by molar-refractivity contribution is 4.65. The van der Waals surface area contributed by atoms with Gasteiger partial charge in [0.05, 0.1) is 6.10 Å². The maximum absolute atomic E-state index is 9.66. The van der Waals surface area contributed by atoms with Crippen LogP contribution in [-0.4, -0.2) is 61.3 Å². The van der Waals surface area contributed by atoms with Crippen molar-refractivity contribution >= 4 is 0 Å². The minimum absolute atomic E-state index is 0.221. The molecule has 0 aromatic heterocycles. The molecule has 0 amide bonds. The molecular weight excluding hydrogens is 164 g/mol. The lowest BCUT2D eigenvalue weighted by Crippen LogP contribution is -2.38. The van der Waals surface area contributed by atoms with E-state index in [0.717, 1.165) is 32.6 Å². The third-order valence-electron chi connectivity index (χ3n) is 2.03. The van der Waals surface area contributed by atoms with Crippen LogP contribution in [0.25, 0.3) is 0 Å². The largest absolute Gasteiger partial charge is 0.390 e. The Morgan fingerprint density at radius 2 is 1.77 bits per heavy atom. The zero-order valence-electron chi connectivity index (χ0n) is 9.45. The molecule has 13 heavy (non-hydrogen) atoms. The minimum Gasteiger partial charge on any atom is -0.390 e. The number of rotatable bonds is 7. The molecule has 0 saturated heterocycles. The van der Waals surface area contributed by atoms with Crippen LogP contribution in [-0.2, 0) is 0 Å². The molecule has 0 radical (unpaired) electrons. The van der Waals surface area contributed by atoms with Gasteiger partial charge in [-0.1, -0.05) is 13.8 Å². The summed E-state index contributed by atoms with van der Waals surface area (Å²) < 4.78 is 0. The van der Waals surface area contributed by atoms with Gasteiger partial charge in [0.2, 0.25) is 0 Å². The molecule has 1 atom stereocenters. The third kappa shape index (κ3) is 6.99. The molecule has 0 spiro atoms. The molecule has 80 valence electrons. The van der Waals surface area contributed by atoms with Crippen molar-refractivity contribution in [2.24, 2.45) is 0 Å². The summed E-state index contributed by atoms with van der Waals surface area (Å²) in [5.41, 5.74) is 0. The van der Waals surface area contributed by atoms with Crippen LogP contribution < -0.4 is 0 Å². The molecular formula is C10H24N2O. The quantitative estimate of drug-likeness (QED) is 0.635. The lowest BCUT2D eigenvalue weighted by atomic mass is 10.3. The highest BCUT2D eigenvalue weighted by atomic mass is 16.3. The Labute approximate surface area is 82.3 Å². The number of aliphatic hydroxyl groups excluding tert-OH is 1. The molecule has 0 aromatic carbocycles. The molecule has 0 aliphatic carbocycles. The van der Waals surface area contributed by atoms with Crippen molar-refractivity contribution in [2.45, 2.75) is 26.4 Å². The fourth-order valence-electron chi connectivity index (χ4n) is 1.47.